The Morgan fingerprint density at radius 3 is 2.47 bits per heavy atom. The van der Waals surface area contributed by atoms with Crippen molar-refractivity contribution in [1.82, 2.24) is 5.32 Å². The molecule has 0 aliphatic heterocycles. The molecule has 0 heterocycles. The van der Waals surface area contributed by atoms with Gasteiger partial charge in [-0.05, 0) is 13.0 Å². The van der Waals surface area contributed by atoms with Crippen LogP contribution in [0.4, 0.5) is 0 Å². The molecule has 0 fully saturated rings. The molecule has 0 radical (unpaired) electrons. The lowest BCUT2D eigenvalue weighted by molar-refractivity contribution is 0.0716. The van der Waals surface area contributed by atoms with Crippen LogP contribution in [0.5, 0.6) is 0 Å². The van der Waals surface area contributed by atoms with E-state index in [2.05, 4.69) is 5.32 Å². The van der Waals surface area contributed by atoms with Gasteiger partial charge in [0.2, 0.25) is 0 Å². The zero-order chi connectivity index (χ0) is 11.2. The molecule has 92 valence electrons. The van der Waals surface area contributed by atoms with Gasteiger partial charge in [0.05, 0.1) is 26.4 Å². The molecule has 0 spiro atoms. The minimum absolute atomic E-state index is 0.570. The molecule has 0 aromatic carbocycles. The quantitative estimate of drug-likeness (QED) is 0.406. The van der Waals surface area contributed by atoms with E-state index < -0.39 is 0 Å². The maximum absolute atomic E-state index is 5.46. The Morgan fingerprint density at radius 2 is 1.73 bits per heavy atom. The number of hydrogen-bond donors (Lipinski definition) is 1. The van der Waals surface area contributed by atoms with E-state index in [0.29, 0.717) is 25.7 Å². The number of ether oxygens (including phenoxy) is 3. The molecule has 0 aromatic heterocycles. The van der Waals surface area contributed by atoms with Gasteiger partial charge in [0.25, 0.3) is 0 Å². The third kappa shape index (κ3) is 14.1. The predicted octanol–water partition coefficient (Wildman–Crippen LogP) is 0.885. The van der Waals surface area contributed by atoms with E-state index in [9.17, 15) is 0 Å². The smallest absolute Gasteiger partial charge is 0.0700 e. The Balaban J connectivity index is 2.81. The van der Waals surface area contributed by atoms with Crippen LogP contribution in [0, 0.1) is 0 Å². The predicted molar refractivity (Wildman–Crippen MR) is 61.7 cm³/mol. The number of rotatable bonds is 12. The highest BCUT2D eigenvalue weighted by Gasteiger charge is 1.90. The minimum atomic E-state index is 0.570. The van der Waals surface area contributed by atoms with Crippen molar-refractivity contribution in [2.75, 3.05) is 59.1 Å². The summed E-state index contributed by atoms with van der Waals surface area (Å²) in [5.41, 5.74) is 0. The molecule has 4 nitrogen and oxygen atoms in total. The van der Waals surface area contributed by atoms with Crippen LogP contribution in [0.3, 0.4) is 0 Å². The standard InChI is InChI=1S/C10H22ClNO3/c1-13-9-10-15-8-5-12-4-2-6-14-7-3-11/h12H,2-10H2,1H3. The summed E-state index contributed by atoms with van der Waals surface area (Å²) in [5.74, 6) is 0.570. The molecule has 1 N–H and O–H groups in total. The van der Waals surface area contributed by atoms with Crippen molar-refractivity contribution in [3.63, 3.8) is 0 Å². The molecular weight excluding hydrogens is 218 g/mol. The maximum atomic E-state index is 5.46. The Morgan fingerprint density at radius 1 is 0.933 bits per heavy atom. The highest BCUT2D eigenvalue weighted by Crippen LogP contribution is 1.83. The van der Waals surface area contributed by atoms with Crippen molar-refractivity contribution < 1.29 is 14.2 Å². The number of methoxy groups -OCH3 is 1. The van der Waals surface area contributed by atoms with Crippen molar-refractivity contribution in [1.29, 1.82) is 0 Å². The zero-order valence-electron chi connectivity index (χ0n) is 9.47. The summed E-state index contributed by atoms with van der Waals surface area (Å²) in [7, 11) is 1.67. The van der Waals surface area contributed by atoms with Gasteiger partial charge in [-0.15, -0.1) is 11.6 Å². The summed E-state index contributed by atoms with van der Waals surface area (Å²) in [4.78, 5) is 0. The van der Waals surface area contributed by atoms with E-state index in [1.165, 1.54) is 0 Å². The molecule has 5 heteroatoms. The second-order valence-electron chi connectivity index (χ2n) is 3.01. The van der Waals surface area contributed by atoms with Gasteiger partial charge < -0.3 is 19.5 Å². The number of hydrogen-bond acceptors (Lipinski definition) is 4. The van der Waals surface area contributed by atoms with Gasteiger partial charge in [-0.3, -0.25) is 0 Å². The fraction of sp³-hybridized carbons (Fsp3) is 1.00. The molecule has 0 saturated heterocycles. The summed E-state index contributed by atoms with van der Waals surface area (Å²) in [6.07, 6.45) is 1.01. The number of halogens is 1. The summed E-state index contributed by atoms with van der Waals surface area (Å²) >= 11 is 5.46. The lowest BCUT2D eigenvalue weighted by atomic mass is 10.4. The van der Waals surface area contributed by atoms with E-state index in [0.717, 1.165) is 32.7 Å². The van der Waals surface area contributed by atoms with Crippen molar-refractivity contribution in [3.05, 3.63) is 0 Å². The third-order valence-electron chi connectivity index (χ3n) is 1.72. The van der Waals surface area contributed by atoms with Crippen molar-refractivity contribution in [3.8, 4) is 0 Å². The average molecular weight is 240 g/mol. The first-order chi connectivity index (χ1) is 7.41. The molecule has 15 heavy (non-hydrogen) atoms. The Hall–Kier alpha value is 0.130. The van der Waals surface area contributed by atoms with Crippen molar-refractivity contribution in [2.45, 2.75) is 6.42 Å². The van der Waals surface area contributed by atoms with Crippen LogP contribution in [0.15, 0.2) is 0 Å². The summed E-state index contributed by atoms with van der Waals surface area (Å²) in [5, 5.41) is 3.26. The largest absolute Gasteiger partial charge is 0.382 e. The molecule has 0 rings (SSSR count). The second-order valence-corrected chi connectivity index (χ2v) is 3.39. The summed E-state index contributed by atoms with van der Waals surface area (Å²) < 4.78 is 15.4. The first-order valence-electron chi connectivity index (χ1n) is 5.33. The fourth-order valence-electron chi connectivity index (χ4n) is 0.970. The van der Waals surface area contributed by atoms with E-state index in [1.54, 1.807) is 7.11 Å². The molecule has 0 aliphatic rings. The minimum Gasteiger partial charge on any atom is -0.382 e. The van der Waals surface area contributed by atoms with E-state index in [4.69, 9.17) is 25.8 Å². The normalized spacial score (nSPS) is 10.8. The third-order valence-corrected chi connectivity index (χ3v) is 1.87. The molecule has 0 unspecified atom stereocenters. The molecule has 0 atom stereocenters. The number of nitrogens with one attached hydrogen (secondary N) is 1. The highest BCUT2D eigenvalue weighted by atomic mass is 35.5. The summed E-state index contributed by atoms with van der Waals surface area (Å²) in [6.45, 7) is 5.29. The lowest BCUT2D eigenvalue weighted by Gasteiger charge is -2.06. The van der Waals surface area contributed by atoms with Crippen LogP contribution in [0.2, 0.25) is 0 Å². The molecule has 0 bridgehead atoms. The van der Waals surface area contributed by atoms with Gasteiger partial charge in [-0.25, -0.2) is 0 Å². The number of alkyl halides is 1. The highest BCUT2D eigenvalue weighted by molar-refractivity contribution is 6.17. The topological polar surface area (TPSA) is 39.7 Å². The van der Waals surface area contributed by atoms with Gasteiger partial charge in [0.15, 0.2) is 0 Å². The average Bonchev–Trinajstić information content (AvgIpc) is 2.26. The first-order valence-corrected chi connectivity index (χ1v) is 5.86. The Kier molecular flexibility index (Phi) is 14.3. The summed E-state index contributed by atoms with van der Waals surface area (Å²) in [6, 6.07) is 0. The fourth-order valence-corrected chi connectivity index (χ4v) is 1.08. The Labute approximate surface area is 97.2 Å². The van der Waals surface area contributed by atoms with Crippen LogP contribution >= 0.6 is 11.6 Å². The van der Waals surface area contributed by atoms with Crippen LogP contribution in [0.1, 0.15) is 6.42 Å². The van der Waals surface area contributed by atoms with Crippen LogP contribution < -0.4 is 5.32 Å². The van der Waals surface area contributed by atoms with E-state index in [1.807, 2.05) is 0 Å². The molecular formula is C10H22ClNO3. The van der Waals surface area contributed by atoms with Crippen LogP contribution in [-0.2, 0) is 14.2 Å². The monoisotopic (exact) mass is 239 g/mol. The Bertz CT molecular complexity index is 105. The van der Waals surface area contributed by atoms with Gasteiger partial charge >= 0.3 is 0 Å². The molecule has 0 saturated carbocycles. The zero-order valence-corrected chi connectivity index (χ0v) is 10.2. The van der Waals surface area contributed by atoms with Gasteiger partial charge in [-0.1, -0.05) is 0 Å². The van der Waals surface area contributed by atoms with Crippen LogP contribution in [-0.4, -0.2) is 59.1 Å². The molecule has 0 aliphatic carbocycles. The lowest BCUT2D eigenvalue weighted by Crippen LogP contribution is -2.22. The van der Waals surface area contributed by atoms with Gasteiger partial charge in [0, 0.05) is 26.1 Å². The maximum Gasteiger partial charge on any atom is 0.0700 e. The van der Waals surface area contributed by atoms with Crippen molar-refractivity contribution in [2.24, 2.45) is 0 Å². The van der Waals surface area contributed by atoms with E-state index >= 15 is 0 Å². The van der Waals surface area contributed by atoms with Gasteiger partial charge in [0.1, 0.15) is 0 Å². The van der Waals surface area contributed by atoms with E-state index in [-0.39, 0.29) is 0 Å². The molecule has 0 aromatic rings. The van der Waals surface area contributed by atoms with Crippen LogP contribution in [0.25, 0.3) is 0 Å². The van der Waals surface area contributed by atoms with Crippen molar-refractivity contribution >= 4 is 11.6 Å². The molecule has 0 amide bonds. The first kappa shape index (κ1) is 15.1. The second kappa shape index (κ2) is 14.1. The SMILES string of the molecule is COCCOCCNCCCOCCCl. The van der Waals surface area contributed by atoms with Gasteiger partial charge in [-0.2, -0.15) is 0 Å².